The number of carboxylic acid groups (broad SMARTS) is 1. The van der Waals surface area contributed by atoms with Crippen molar-refractivity contribution >= 4 is 17.6 Å². The van der Waals surface area contributed by atoms with Gasteiger partial charge in [-0.05, 0) is 17.7 Å². The Hall–Kier alpha value is -0.960. The molecule has 0 aliphatic heterocycles. The Bertz CT molecular complexity index is 228. The maximum absolute atomic E-state index is 10.1. The zero-order valence-electron chi connectivity index (χ0n) is 4.30. The van der Waals surface area contributed by atoms with E-state index in [1.807, 2.05) is 0 Å². The van der Waals surface area contributed by atoms with Crippen LogP contribution in [0.25, 0.3) is 0 Å². The Labute approximate surface area is 55.8 Å². The molecule has 4 heteroatoms. The highest BCUT2D eigenvalue weighted by atomic mass is 35.5. The highest BCUT2D eigenvalue weighted by molar-refractivity contribution is 6.31. The third-order valence-corrected chi connectivity index (χ3v) is 1.14. The van der Waals surface area contributed by atoms with Crippen molar-refractivity contribution in [2.24, 2.45) is 0 Å². The van der Waals surface area contributed by atoms with E-state index in [2.05, 4.69) is 4.42 Å². The molecule has 0 amide bonds. The highest BCUT2D eigenvalue weighted by Gasteiger charge is 2.09. The van der Waals surface area contributed by atoms with Gasteiger partial charge in [0.05, 0.1) is 6.26 Å². The number of halogens is 1. The molecule has 0 bridgehead atoms. The Morgan fingerprint density at radius 1 is 1.78 bits per heavy atom. The number of carboxylic acids is 1. The topological polar surface area (TPSA) is 50.4 Å². The molecule has 3 nitrogen and oxygen atoms in total. The zero-order valence-corrected chi connectivity index (χ0v) is 5.05. The molecule has 0 saturated carbocycles. The van der Waals surface area contributed by atoms with Gasteiger partial charge in [0, 0.05) is 0 Å². The Morgan fingerprint density at radius 3 is 2.67 bits per heavy atom. The van der Waals surface area contributed by atoms with Crippen LogP contribution in [0, 0.1) is 0 Å². The van der Waals surface area contributed by atoms with Crippen LogP contribution in [0.5, 0.6) is 0 Å². The lowest BCUT2D eigenvalue weighted by Crippen LogP contribution is -1.92. The van der Waals surface area contributed by atoms with Gasteiger partial charge < -0.3 is 9.52 Å². The van der Waals surface area contributed by atoms with Crippen LogP contribution >= 0.6 is 11.6 Å². The second kappa shape index (κ2) is 2.11. The number of aromatic carboxylic acids is 1. The zero-order chi connectivity index (χ0) is 6.85. The van der Waals surface area contributed by atoms with E-state index in [1.54, 1.807) is 0 Å². The Balaban J connectivity index is 3.08. The fourth-order valence-corrected chi connectivity index (χ4v) is 0.641. The maximum Gasteiger partial charge on any atom is 0.340 e. The predicted molar refractivity (Wildman–Crippen MR) is 30.7 cm³/mol. The number of hydrogen-bond acceptors (Lipinski definition) is 2. The first-order valence-corrected chi connectivity index (χ1v) is 2.56. The van der Waals surface area contributed by atoms with Crippen LogP contribution in [0.1, 0.15) is 10.4 Å². The van der Waals surface area contributed by atoms with Crippen LogP contribution < -0.4 is 0 Å². The summed E-state index contributed by atoms with van der Waals surface area (Å²) in [7, 11) is 0. The molecule has 48 valence electrons. The fraction of sp³-hybridized carbons (Fsp3) is 0. The van der Waals surface area contributed by atoms with Gasteiger partial charge in [-0.15, -0.1) is 0 Å². The molecular weight excluding hydrogens is 144 g/mol. The molecule has 0 saturated heterocycles. The van der Waals surface area contributed by atoms with Gasteiger partial charge in [0.1, 0.15) is 5.56 Å². The average molecular weight is 147 g/mol. The van der Waals surface area contributed by atoms with Crippen molar-refractivity contribution in [2.75, 3.05) is 0 Å². The number of carbonyl (C=O) groups is 1. The predicted octanol–water partition coefficient (Wildman–Crippen LogP) is 1.63. The van der Waals surface area contributed by atoms with E-state index in [0.717, 1.165) is 0 Å². The average Bonchev–Trinajstić information content (AvgIpc) is 2.13. The largest absolute Gasteiger partial charge is 0.478 e. The van der Waals surface area contributed by atoms with Gasteiger partial charge in [-0.1, -0.05) is 0 Å². The number of rotatable bonds is 1. The molecule has 1 N–H and O–H groups in total. The molecule has 0 aliphatic carbocycles. The minimum Gasteiger partial charge on any atom is -0.478 e. The van der Waals surface area contributed by atoms with Crippen LogP contribution in [0.15, 0.2) is 16.7 Å². The smallest absolute Gasteiger partial charge is 0.340 e. The summed E-state index contributed by atoms with van der Waals surface area (Å²) in [6.07, 6.45) is 1.23. The van der Waals surface area contributed by atoms with Crippen LogP contribution in [0.2, 0.25) is 5.22 Å². The van der Waals surface area contributed by atoms with E-state index in [-0.39, 0.29) is 10.8 Å². The second-order valence-corrected chi connectivity index (χ2v) is 1.76. The minimum atomic E-state index is -1.08. The van der Waals surface area contributed by atoms with Crippen molar-refractivity contribution in [3.63, 3.8) is 0 Å². The first kappa shape index (κ1) is 6.16. The summed E-state index contributed by atoms with van der Waals surface area (Å²) in [5.74, 6) is -1.08. The first-order chi connectivity index (χ1) is 4.22. The standard InChI is InChI=1S/C5H3ClO3/c6-4-3(5(7)8)1-2-9-4/h1-2H,(H,7,8). The van der Waals surface area contributed by atoms with E-state index in [9.17, 15) is 4.79 Å². The first-order valence-electron chi connectivity index (χ1n) is 2.18. The van der Waals surface area contributed by atoms with Gasteiger partial charge in [-0.2, -0.15) is 0 Å². The van der Waals surface area contributed by atoms with Gasteiger partial charge in [-0.25, -0.2) is 4.79 Å². The molecule has 1 aromatic rings. The summed E-state index contributed by atoms with van der Waals surface area (Å²) in [6.45, 7) is 0. The van der Waals surface area contributed by atoms with E-state index in [4.69, 9.17) is 16.7 Å². The molecule has 1 aromatic heterocycles. The molecule has 1 heterocycles. The van der Waals surface area contributed by atoms with Gasteiger partial charge in [-0.3, -0.25) is 0 Å². The molecule has 1 rings (SSSR count). The molecule has 9 heavy (non-hydrogen) atoms. The summed E-state index contributed by atoms with van der Waals surface area (Å²) < 4.78 is 4.51. The summed E-state index contributed by atoms with van der Waals surface area (Å²) in [4.78, 5) is 10.1. The van der Waals surface area contributed by atoms with Crippen LogP contribution in [0.4, 0.5) is 0 Å². The van der Waals surface area contributed by atoms with E-state index >= 15 is 0 Å². The lowest BCUT2D eigenvalue weighted by Gasteiger charge is -1.83. The molecule has 0 atom stereocenters. The quantitative estimate of drug-likeness (QED) is 0.655. The molecule has 0 spiro atoms. The van der Waals surface area contributed by atoms with Crippen molar-refractivity contribution in [2.45, 2.75) is 0 Å². The van der Waals surface area contributed by atoms with Gasteiger partial charge in [0.15, 0.2) is 0 Å². The third kappa shape index (κ3) is 1.05. The summed E-state index contributed by atoms with van der Waals surface area (Å²) in [5.41, 5.74) is -0.00309. The Kier molecular flexibility index (Phi) is 1.44. The number of furan rings is 1. The molecule has 0 fully saturated rings. The lowest BCUT2D eigenvalue weighted by atomic mass is 10.4. The Morgan fingerprint density at radius 2 is 2.44 bits per heavy atom. The summed E-state index contributed by atoms with van der Waals surface area (Å²) in [5, 5.41) is 8.23. The molecule has 0 unspecified atom stereocenters. The second-order valence-electron chi connectivity index (χ2n) is 1.41. The summed E-state index contributed by atoms with van der Waals surface area (Å²) >= 11 is 5.29. The van der Waals surface area contributed by atoms with E-state index < -0.39 is 5.97 Å². The van der Waals surface area contributed by atoms with E-state index in [1.165, 1.54) is 12.3 Å². The molecule has 0 aromatic carbocycles. The van der Waals surface area contributed by atoms with Crippen molar-refractivity contribution in [3.05, 3.63) is 23.1 Å². The molecule has 0 aliphatic rings. The van der Waals surface area contributed by atoms with Gasteiger partial charge >= 0.3 is 5.97 Å². The third-order valence-electron chi connectivity index (χ3n) is 0.848. The summed E-state index contributed by atoms with van der Waals surface area (Å²) in [6, 6.07) is 1.30. The van der Waals surface area contributed by atoms with Crippen molar-refractivity contribution in [3.8, 4) is 0 Å². The number of hydrogen-bond donors (Lipinski definition) is 1. The molecular formula is C5H3ClO3. The highest BCUT2D eigenvalue weighted by Crippen LogP contribution is 2.15. The minimum absolute atomic E-state index is 0.00309. The van der Waals surface area contributed by atoms with Crippen molar-refractivity contribution in [1.82, 2.24) is 0 Å². The van der Waals surface area contributed by atoms with Gasteiger partial charge in [0.2, 0.25) is 5.22 Å². The van der Waals surface area contributed by atoms with Crippen LogP contribution in [-0.2, 0) is 0 Å². The van der Waals surface area contributed by atoms with Crippen LogP contribution in [0.3, 0.4) is 0 Å². The molecule has 0 radical (unpaired) electrons. The lowest BCUT2D eigenvalue weighted by molar-refractivity contribution is 0.0696. The van der Waals surface area contributed by atoms with Crippen molar-refractivity contribution < 1.29 is 14.3 Å². The van der Waals surface area contributed by atoms with Gasteiger partial charge in [0.25, 0.3) is 0 Å². The maximum atomic E-state index is 10.1. The van der Waals surface area contributed by atoms with Crippen LogP contribution in [-0.4, -0.2) is 11.1 Å². The van der Waals surface area contributed by atoms with Crippen molar-refractivity contribution in [1.29, 1.82) is 0 Å². The normalized spacial score (nSPS) is 9.44. The monoisotopic (exact) mass is 146 g/mol. The van der Waals surface area contributed by atoms with E-state index in [0.29, 0.717) is 0 Å². The fourth-order valence-electron chi connectivity index (χ4n) is 0.446. The SMILES string of the molecule is O=C(O)c1ccoc1Cl.